The quantitative estimate of drug-likeness (QED) is 0.661. The minimum absolute atomic E-state index is 0.433. The highest BCUT2D eigenvalue weighted by molar-refractivity contribution is 6.30. The Balaban J connectivity index is 2.11. The molecule has 0 fully saturated rings. The Bertz CT molecular complexity index is 786. The average molecular weight is 310 g/mol. The van der Waals surface area contributed by atoms with Crippen molar-refractivity contribution in [1.29, 1.82) is 0 Å². The van der Waals surface area contributed by atoms with Crippen molar-refractivity contribution in [3.63, 3.8) is 0 Å². The number of hydrogen-bond donors (Lipinski definition) is 0. The highest BCUT2D eigenvalue weighted by Gasteiger charge is 2.09. The van der Waals surface area contributed by atoms with Crippen LogP contribution in [-0.4, -0.2) is 11.5 Å². The third kappa shape index (κ3) is 3.00. The first kappa shape index (κ1) is 14.3. The number of hydrogen-bond acceptors (Lipinski definition) is 3. The lowest BCUT2D eigenvalue weighted by atomic mass is 9.99. The molecule has 0 aliphatic rings. The topological polar surface area (TPSA) is 39.2 Å². The molecule has 0 saturated carbocycles. The highest BCUT2D eigenvalue weighted by Crippen LogP contribution is 2.34. The van der Waals surface area contributed by atoms with Crippen LogP contribution in [0.4, 0.5) is 0 Å². The van der Waals surface area contributed by atoms with E-state index in [0.29, 0.717) is 17.2 Å². The largest absolute Gasteiger partial charge is 0.428 e. The number of carbonyl (C=O) groups excluding carboxylic acids is 1. The van der Waals surface area contributed by atoms with Crippen LogP contribution < -0.4 is 4.74 Å². The fourth-order valence-electron chi connectivity index (χ4n) is 2.26. The van der Waals surface area contributed by atoms with E-state index in [-0.39, 0.29) is 0 Å². The van der Waals surface area contributed by atoms with E-state index in [1.54, 1.807) is 18.5 Å². The molecule has 0 aliphatic heterocycles. The van der Waals surface area contributed by atoms with Crippen LogP contribution in [0.2, 0.25) is 5.02 Å². The molecule has 1 aromatic heterocycles. The van der Waals surface area contributed by atoms with Gasteiger partial charge in [-0.15, -0.1) is 0 Å². The van der Waals surface area contributed by atoms with E-state index < -0.39 is 0 Å². The van der Waals surface area contributed by atoms with Gasteiger partial charge in [0.25, 0.3) is 6.47 Å². The van der Waals surface area contributed by atoms with Crippen molar-refractivity contribution in [2.45, 2.75) is 0 Å². The number of rotatable bonds is 4. The molecule has 22 heavy (non-hydrogen) atoms. The average Bonchev–Trinajstić information content (AvgIpc) is 2.57. The lowest BCUT2D eigenvalue weighted by Crippen LogP contribution is -1.93. The Morgan fingerprint density at radius 3 is 2.23 bits per heavy atom. The molecular formula is C18H12ClNO2. The van der Waals surface area contributed by atoms with Gasteiger partial charge in [0.1, 0.15) is 5.75 Å². The second-order valence-electron chi connectivity index (χ2n) is 4.67. The second kappa shape index (κ2) is 6.41. The third-order valence-corrected chi connectivity index (χ3v) is 3.58. The van der Waals surface area contributed by atoms with E-state index >= 15 is 0 Å². The SMILES string of the molecule is O=COc1ccc(-c2ccc(Cl)cc2)cc1-c1ccncc1. The maximum atomic E-state index is 10.7. The standard InChI is InChI=1S/C18H12ClNO2/c19-16-4-1-13(2-5-16)15-3-6-18(22-12-21)17(11-15)14-7-9-20-10-8-14/h1-12H. The molecule has 2 aromatic carbocycles. The molecular weight excluding hydrogens is 298 g/mol. The fraction of sp³-hybridized carbons (Fsp3) is 0. The Labute approximate surface area is 133 Å². The number of ether oxygens (including phenoxy) is 1. The van der Waals surface area contributed by atoms with Gasteiger partial charge in [0.15, 0.2) is 0 Å². The summed E-state index contributed by atoms with van der Waals surface area (Å²) in [5, 5.41) is 0.694. The summed E-state index contributed by atoms with van der Waals surface area (Å²) in [7, 11) is 0. The molecule has 3 rings (SSSR count). The molecule has 3 nitrogen and oxygen atoms in total. The minimum Gasteiger partial charge on any atom is -0.428 e. The zero-order chi connectivity index (χ0) is 15.4. The van der Waals surface area contributed by atoms with Gasteiger partial charge in [0.2, 0.25) is 0 Å². The molecule has 0 N–H and O–H groups in total. The van der Waals surface area contributed by atoms with Crippen LogP contribution in [0.25, 0.3) is 22.3 Å². The number of nitrogens with zero attached hydrogens (tertiary/aromatic N) is 1. The zero-order valence-corrected chi connectivity index (χ0v) is 12.3. The smallest absolute Gasteiger partial charge is 0.298 e. The van der Waals surface area contributed by atoms with Crippen molar-refractivity contribution in [2.75, 3.05) is 0 Å². The number of aromatic nitrogens is 1. The summed E-state index contributed by atoms with van der Waals surface area (Å²) in [6.07, 6.45) is 3.41. The molecule has 1 heterocycles. The Kier molecular flexibility index (Phi) is 4.17. The van der Waals surface area contributed by atoms with Gasteiger partial charge in [-0.05, 0) is 53.1 Å². The van der Waals surface area contributed by atoms with Crippen molar-refractivity contribution in [3.05, 3.63) is 72.0 Å². The summed E-state index contributed by atoms with van der Waals surface area (Å²) in [4.78, 5) is 14.7. The van der Waals surface area contributed by atoms with Crippen molar-refractivity contribution >= 4 is 18.1 Å². The summed E-state index contributed by atoms with van der Waals surface area (Å²) in [5.41, 5.74) is 3.82. The Morgan fingerprint density at radius 2 is 1.55 bits per heavy atom. The molecule has 0 atom stereocenters. The first-order chi connectivity index (χ1) is 10.8. The lowest BCUT2D eigenvalue weighted by molar-refractivity contribution is -0.120. The van der Waals surface area contributed by atoms with Gasteiger partial charge in [-0.1, -0.05) is 29.8 Å². The molecule has 0 amide bonds. The molecule has 0 bridgehead atoms. The molecule has 3 aromatic rings. The predicted molar refractivity (Wildman–Crippen MR) is 86.8 cm³/mol. The van der Waals surface area contributed by atoms with E-state index in [2.05, 4.69) is 4.98 Å². The van der Waals surface area contributed by atoms with Gasteiger partial charge in [0.05, 0.1) is 0 Å². The molecule has 0 radical (unpaired) electrons. The maximum absolute atomic E-state index is 10.7. The highest BCUT2D eigenvalue weighted by atomic mass is 35.5. The molecule has 0 aliphatic carbocycles. The first-order valence-corrected chi connectivity index (χ1v) is 7.06. The molecule has 4 heteroatoms. The summed E-state index contributed by atoms with van der Waals surface area (Å²) in [6.45, 7) is 0.433. The van der Waals surface area contributed by atoms with E-state index in [1.807, 2.05) is 48.5 Å². The van der Waals surface area contributed by atoms with Crippen LogP contribution in [0.3, 0.4) is 0 Å². The van der Waals surface area contributed by atoms with E-state index in [1.165, 1.54) is 0 Å². The van der Waals surface area contributed by atoms with Crippen molar-refractivity contribution in [3.8, 4) is 28.0 Å². The summed E-state index contributed by atoms with van der Waals surface area (Å²) < 4.78 is 5.08. The lowest BCUT2D eigenvalue weighted by Gasteiger charge is -2.10. The second-order valence-corrected chi connectivity index (χ2v) is 5.10. The van der Waals surface area contributed by atoms with Crippen LogP contribution >= 0.6 is 11.6 Å². The van der Waals surface area contributed by atoms with Gasteiger partial charge in [-0.25, -0.2) is 0 Å². The van der Waals surface area contributed by atoms with Gasteiger partial charge in [-0.2, -0.15) is 0 Å². The monoisotopic (exact) mass is 309 g/mol. The van der Waals surface area contributed by atoms with E-state index in [0.717, 1.165) is 22.3 Å². The Morgan fingerprint density at radius 1 is 0.864 bits per heavy atom. The number of benzene rings is 2. The normalized spacial score (nSPS) is 10.2. The van der Waals surface area contributed by atoms with Crippen molar-refractivity contribution in [1.82, 2.24) is 4.98 Å². The molecule has 0 spiro atoms. The van der Waals surface area contributed by atoms with Crippen molar-refractivity contribution < 1.29 is 9.53 Å². The minimum atomic E-state index is 0.433. The maximum Gasteiger partial charge on any atom is 0.298 e. The van der Waals surface area contributed by atoms with Crippen LogP contribution in [0.15, 0.2) is 67.0 Å². The van der Waals surface area contributed by atoms with Crippen LogP contribution in [-0.2, 0) is 4.79 Å². The van der Waals surface area contributed by atoms with Crippen LogP contribution in [0.1, 0.15) is 0 Å². The van der Waals surface area contributed by atoms with Gasteiger partial charge >= 0.3 is 0 Å². The molecule has 0 saturated heterocycles. The van der Waals surface area contributed by atoms with Gasteiger partial charge in [-0.3, -0.25) is 9.78 Å². The summed E-state index contributed by atoms with van der Waals surface area (Å²) >= 11 is 5.93. The van der Waals surface area contributed by atoms with Crippen molar-refractivity contribution in [2.24, 2.45) is 0 Å². The number of pyridine rings is 1. The van der Waals surface area contributed by atoms with E-state index in [9.17, 15) is 4.79 Å². The first-order valence-electron chi connectivity index (χ1n) is 6.68. The van der Waals surface area contributed by atoms with Crippen LogP contribution in [0.5, 0.6) is 5.75 Å². The fourth-order valence-corrected chi connectivity index (χ4v) is 2.39. The van der Waals surface area contributed by atoms with E-state index in [4.69, 9.17) is 16.3 Å². The predicted octanol–water partition coefficient (Wildman–Crippen LogP) is 4.60. The molecule has 0 unspecified atom stereocenters. The Hall–Kier alpha value is -2.65. The summed E-state index contributed by atoms with van der Waals surface area (Å²) in [5.74, 6) is 0.513. The summed E-state index contributed by atoms with van der Waals surface area (Å²) in [6, 6.07) is 17.0. The number of halogens is 1. The third-order valence-electron chi connectivity index (χ3n) is 3.32. The van der Waals surface area contributed by atoms with Crippen LogP contribution in [0, 0.1) is 0 Å². The van der Waals surface area contributed by atoms with Gasteiger partial charge < -0.3 is 4.74 Å². The zero-order valence-electron chi connectivity index (χ0n) is 11.6. The van der Waals surface area contributed by atoms with Gasteiger partial charge in [0, 0.05) is 23.0 Å². The molecule has 108 valence electrons. The number of carbonyl (C=O) groups is 1.